The predicted molar refractivity (Wildman–Crippen MR) is 121 cm³/mol. The van der Waals surface area contributed by atoms with Crippen molar-refractivity contribution in [3.8, 4) is 11.1 Å². The molecule has 3 aromatic carbocycles. The zero-order valence-electron chi connectivity index (χ0n) is 17.1. The number of fused-ring (bicyclic) bond motifs is 4. The van der Waals surface area contributed by atoms with Gasteiger partial charge in [-0.2, -0.15) is 0 Å². The summed E-state index contributed by atoms with van der Waals surface area (Å²) in [6, 6.07) is 22.5. The molecule has 3 N–H and O–H groups in total. The Kier molecular flexibility index (Phi) is 5.18. The van der Waals surface area contributed by atoms with Gasteiger partial charge in [0.25, 0.3) is 0 Å². The molecule has 0 saturated heterocycles. The first-order valence-electron chi connectivity index (χ1n) is 10.5. The van der Waals surface area contributed by atoms with Gasteiger partial charge in [0.15, 0.2) is 0 Å². The van der Waals surface area contributed by atoms with E-state index >= 15 is 0 Å². The zero-order chi connectivity index (χ0) is 21.2. The van der Waals surface area contributed by atoms with Crippen LogP contribution in [0.5, 0.6) is 0 Å². The first kappa shape index (κ1) is 19.4. The van der Waals surface area contributed by atoms with Gasteiger partial charge in [0.2, 0.25) is 0 Å². The second kappa shape index (κ2) is 8.28. The van der Waals surface area contributed by atoms with E-state index in [1.54, 1.807) is 0 Å². The van der Waals surface area contributed by atoms with Crippen LogP contribution in [-0.4, -0.2) is 29.3 Å². The molecule has 1 aliphatic rings. The molecule has 0 aliphatic heterocycles. The molecular weight excluding hydrogens is 388 g/mol. The molecule has 5 rings (SSSR count). The van der Waals surface area contributed by atoms with Gasteiger partial charge in [-0.15, -0.1) is 0 Å². The van der Waals surface area contributed by atoms with Crippen molar-refractivity contribution in [1.82, 2.24) is 10.3 Å². The van der Waals surface area contributed by atoms with Crippen LogP contribution >= 0.6 is 0 Å². The molecule has 0 radical (unpaired) electrons. The third kappa shape index (κ3) is 3.68. The first-order chi connectivity index (χ1) is 15.2. The van der Waals surface area contributed by atoms with E-state index in [0.29, 0.717) is 19.6 Å². The van der Waals surface area contributed by atoms with E-state index < -0.39 is 6.09 Å². The number of benzene rings is 3. The van der Waals surface area contributed by atoms with E-state index in [0.717, 1.165) is 22.0 Å². The zero-order valence-corrected chi connectivity index (χ0v) is 17.1. The minimum Gasteiger partial charge on any atom is -0.449 e. The molecule has 1 aromatic heterocycles. The van der Waals surface area contributed by atoms with Crippen LogP contribution in [0.1, 0.15) is 28.2 Å². The standard InChI is InChI=1S/C26H24N2O3/c29-15-17-9-10-19-18(14-28-25(19)13-17)11-12-27-26(30)31-16-24-22-7-3-1-5-20(22)21-6-2-4-8-23(21)24/h1-10,13-14,24,28-29H,11-12,15-16H2,(H,27,30). The van der Waals surface area contributed by atoms with Crippen molar-refractivity contribution in [3.05, 3.63) is 95.2 Å². The summed E-state index contributed by atoms with van der Waals surface area (Å²) in [6.45, 7) is 0.829. The molecule has 0 spiro atoms. The third-order valence-corrected chi connectivity index (χ3v) is 6.02. The number of amides is 1. The summed E-state index contributed by atoms with van der Waals surface area (Å²) >= 11 is 0. The van der Waals surface area contributed by atoms with E-state index in [2.05, 4.69) is 34.6 Å². The Morgan fingerprint density at radius 2 is 1.71 bits per heavy atom. The minimum absolute atomic E-state index is 0.0215. The van der Waals surface area contributed by atoms with E-state index in [1.165, 1.54) is 22.3 Å². The summed E-state index contributed by atoms with van der Waals surface area (Å²) in [5.41, 5.74) is 7.83. The molecule has 0 saturated carbocycles. The second-order valence-corrected chi connectivity index (χ2v) is 7.85. The van der Waals surface area contributed by atoms with E-state index in [4.69, 9.17) is 4.74 Å². The Bertz CT molecular complexity index is 1200. The quantitative estimate of drug-likeness (QED) is 0.428. The van der Waals surface area contributed by atoms with Crippen molar-refractivity contribution in [1.29, 1.82) is 0 Å². The lowest BCUT2D eigenvalue weighted by atomic mass is 9.98. The fourth-order valence-corrected chi connectivity index (χ4v) is 4.49. The van der Waals surface area contributed by atoms with Gasteiger partial charge < -0.3 is 20.1 Å². The molecule has 4 aromatic rings. The maximum Gasteiger partial charge on any atom is 0.407 e. The predicted octanol–water partition coefficient (Wildman–Crippen LogP) is 4.74. The number of nitrogens with one attached hydrogen (secondary N) is 2. The Morgan fingerprint density at radius 3 is 2.42 bits per heavy atom. The highest BCUT2D eigenvalue weighted by atomic mass is 16.5. The third-order valence-electron chi connectivity index (χ3n) is 6.02. The van der Waals surface area contributed by atoms with E-state index in [1.807, 2.05) is 48.7 Å². The number of aliphatic hydroxyl groups is 1. The van der Waals surface area contributed by atoms with Gasteiger partial charge in [0.1, 0.15) is 6.61 Å². The molecule has 0 atom stereocenters. The van der Waals surface area contributed by atoms with Crippen molar-refractivity contribution < 1.29 is 14.6 Å². The Balaban J connectivity index is 1.19. The van der Waals surface area contributed by atoms with Crippen molar-refractivity contribution >= 4 is 17.0 Å². The number of aliphatic hydroxyl groups excluding tert-OH is 1. The summed E-state index contributed by atoms with van der Waals surface area (Å²) in [4.78, 5) is 15.6. The van der Waals surface area contributed by atoms with Crippen molar-refractivity contribution in [3.63, 3.8) is 0 Å². The number of carbonyl (C=O) groups excluding carboxylic acids is 1. The number of hydrogen-bond acceptors (Lipinski definition) is 3. The molecule has 1 heterocycles. The largest absolute Gasteiger partial charge is 0.449 e. The molecular formula is C26H24N2O3. The maximum atomic E-state index is 12.3. The van der Waals surface area contributed by atoms with E-state index in [9.17, 15) is 9.90 Å². The van der Waals surface area contributed by atoms with E-state index in [-0.39, 0.29) is 12.5 Å². The smallest absolute Gasteiger partial charge is 0.407 e. The summed E-state index contributed by atoms with van der Waals surface area (Å²) in [5, 5.41) is 13.2. The second-order valence-electron chi connectivity index (χ2n) is 7.85. The van der Waals surface area contributed by atoms with Crippen LogP contribution < -0.4 is 5.32 Å². The van der Waals surface area contributed by atoms with Gasteiger partial charge in [-0.05, 0) is 45.9 Å². The van der Waals surface area contributed by atoms with Crippen molar-refractivity contribution in [2.75, 3.05) is 13.2 Å². The van der Waals surface area contributed by atoms with Gasteiger partial charge in [-0.25, -0.2) is 4.79 Å². The van der Waals surface area contributed by atoms with Crippen molar-refractivity contribution in [2.24, 2.45) is 0 Å². The summed E-state index contributed by atoms with van der Waals surface area (Å²) in [7, 11) is 0. The highest BCUT2D eigenvalue weighted by molar-refractivity contribution is 5.84. The summed E-state index contributed by atoms with van der Waals surface area (Å²) < 4.78 is 5.59. The lowest BCUT2D eigenvalue weighted by Gasteiger charge is -2.14. The highest BCUT2D eigenvalue weighted by Crippen LogP contribution is 2.44. The minimum atomic E-state index is -0.399. The van der Waals surface area contributed by atoms with Crippen molar-refractivity contribution in [2.45, 2.75) is 18.9 Å². The average molecular weight is 412 g/mol. The van der Waals surface area contributed by atoms with Gasteiger partial charge in [0, 0.05) is 29.6 Å². The number of H-pyrrole nitrogens is 1. The number of alkyl carbamates (subject to hydrolysis) is 1. The van der Waals surface area contributed by atoms with Crippen LogP contribution in [0.15, 0.2) is 72.9 Å². The first-order valence-corrected chi connectivity index (χ1v) is 10.5. The topological polar surface area (TPSA) is 74.4 Å². The summed E-state index contributed by atoms with van der Waals surface area (Å²) in [6.07, 6.45) is 2.25. The fraction of sp³-hybridized carbons (Fsp3) is 0.192. The van der Waals surface area contributed by atoms with Crippen LogP contribution in [0.4, 0.5) is 4.79 Å². The number of hydrogen-bond donors (Lipinski definition) is 3. The van der Waals surface area contributed by atoms with Crippen LogP contribution in [0, 0.1) is 0 Å². The highest BCUT2D eigenvalue weighted by Gasteiger charge is 2.28. The van der Waals surface area contributed by atoms with Gasteiger partial charge in [-0.3, -0.25) is 0 Å². The Labute approximate surface area is 180 Å². The number of ether oxygens (including phenoxy) is 1. The summed E-state index contributed by atoms with van der Waals surface area (Å²) in [5.74, 6) is 0.0625. The molecule has 156 valence electrons. The number of aromatic amines is 1. The molecule has 0 fully saturated rings. The molecule has 31 heavy (non-hydrogen) atoms. The molecule has 1 amide bonds. The SMILES string of the molecule is O=C(NCCc1c[nH]c2cc(CO)ccc12)OCC1c2ccccc2-c2ccccc21. The molecule has 5 heteroatoms. The molecule has 0 unspecified atom stereocenters. The Hall–Kier alpha value is -3.57. The number of carbonyl (C=O) groups is 1. The van der Waals surface area contributed by atoms with Gasteiger partial charge in [-0.1, -0.05) is 60.7 Å². The molecule has 0 bridgehead atoms. The normalized spacial score (nSPS) is 12.5. The number of rotatable bonds is 6. The molecule has 1 aliphatic carbocycles. The van der Waals surface area contributed by atoms with Gasteiger partial charge in [0.05, 0.1) is 6.61 Å². The monoisotopic (exact) mass is 412 g/mol. The lowest BCUT2D eigenvalue weighted by Crippen LogP contribution is -2.28. The fourth-order valence-electron chi connectivity index (χ4n) is 4.49. The van der Waals surface area contributed by atoms with Crippen LogP contribution in [0.2, 0.25) is 0 Å². The average Bonchev–Trinajstić information content (AvgIpc) is 3.36. The Morgan fingerprint density at radius 1 is 1.00 bits per heavy atom. The molecule has 5 nitrogen and oxygen atoms in total. The van der Waals surface area contributed by atoms with Crippen LogP contribution in [0.25, 0.3) is 22.0 Å². The van der Waals surface area contributed by atoms with Gasteiger partial charge >= 0.3 is 6.09 Å². The number of aromatic nitrogens is 1. The lowest BCUT2D eigenvalue weighted by molar-refractivity contribution is 0.143. The van der Waals surface area contributed by atoms with Crippen LogP contribution in [0.3, 0.4) is 0 Å². The van der Waals surface area contributed by atoms with Crippen LogP contribution in [-0.2, 0) is 17.8 Å². The maximum absolute atomic E-state index is 12.3.